The van der Waals surface area contributed by atoms with Crippen molar-refractivity contribution in [3.05, 3.63) is 182 Å². The first-order valence-electron chi connectivity index (χ1n) is 18.3. The summed E-state index contributed by atoms with van der Waals surface area (Å²) < 4.78 is 2.13. The van der Waals surface area contributed by atoms with E-state index in [1.807, 2.05) is 18.6 Å². The summed E-state index contributed by atoms with van der Waals surface area (Å²) in [5.74, 6) is 1.86. The zero-order valence-corrected chi connectivity index (χ0v) is 29.5. The number of benzene rings is 8. The van der Waals surface area contributed by atoms with E-state index < -0.39 is 0 Å². The molecule has 0 radical (unpaired) electrons. The highest BCUT2D eigenvalue weighted by atomic mass is 15.0. The van der Waals surface area contributed by atoms with Gasteiger partial charge in [0.15, 0.2) is 23.1 Å². The van der Waals surface area contributed by atoms with Gasteiger partial charge in [0, 0.05) is 40.2 Å². The molecule has 0 fully saturated rings. The summed E-state index contributed by atoms with van der Waals surface area (Å²) >= 11 is 0. The predicted octanol–water partition coefficient (Wildman–Crippen LogP) is 11.9. The largest absolute Gasteiger partial charge is 0.296 e. The van der Waals surface area contributed by atoms with E-state index in [4.69, 9.17) is 19.9 Å². The fraction of sp³-hybridized carbons (Fsp3) is 0. The third-order valence-corrected chi connectivity index (χ3v) is 10.5. The molecular weight excluding hydrogens is 673 g/mol. The van der Waals surface area contributed by atoms with Crippen molar-refractivity contribution in [1.29, 1.82) is 0 Å². The first-order chi connectivity index (χ1) is 27.2. The average Bonchev–Trinajstić information content (AvgIpc) is 3.65. The Kier molecular flexibility index (Phi) is 7.07. The van der Waals surface area contributed by atoms with Gasteiger partial charge < -0.3 is 0 Å². The van der Waals surface area contributed by atoms with Crippen molar-refractivity contribution in [2.45, 2.75) is 0 Å². The maximum absolute atomic E-state index is 5.21. The Morgan fingerprint density at radius 1 is 0.382 bits per heavy atom. The minimum atomic E-state index is 0.609. The number of rotatable bonds is 5. The molecule has 0 atom stereocenters. The molecule has 0 aliphatic rings. The Morgan fingerprint density at radius 3 is 1.45 bits per heavy atom. The van der Waals surface area contributed by atoms with Gasteiger partial charge in [-0.15, -0.1) is 0 Å². The van der Waals surface area contributed by atoms with Crippen molar-refractivity contribution >= 4 is 48.7 Å². The van der Waals surface area contributed by atoms with Crippen molar-refractivity contribution < 1.29 is 0 Å². The second-order valence-electron chi connectivity index (χ2n) is 13.8. The van der Waals surface area contributed by atoms with Crippen LogP contribution in [-0.4, -0.2) is 29.3 Å². The van der Waals surface area contributed by atoms with Crippen LogP contribution in [0.15, 0.2) is 182 Å². The first-order valence-corrected chi connectivity index (χ1v) is 18.3. The monoisotopic (exact) mass is 702 g/mol. The van der Waals surface area contributed by atoms with Crippen LogP contribution in [0.5, 0.6) is 0 Å². The first kappa shape index (κ1) is 31.0. The molecule has 0 bridgehead atoms. The van der Waals surface area contributed by atoms with Crippen LogP contribution < -0.4 is 0 Å². The zero-order chi connectivity index (χ0) is 36.3. The summed E-state index contributed by atoms with van der Waals surface area (Å²) in [6.45, 7) is 0. The molecule has 3 heterocycles. The topological polar surface area (TPSA) is 68.9 Å². The quantitative estimate of drug-likeness (QED) is 0.179. The SMILES string of the molecule is c1ccc2cc(-c3nc(-c4ccc5ccccc5c4)nc(-c4ccc(-c5nc6cnccn6c5-c5ccc6ccccc6c5)c5ccccc45)n3)ccc2c1. The second kappa shape index (κ2) is 12.5. The van der Waals surface area contributed by atoms with E-state index in [9.17, 15) is 0 Å². The Bertz CT molecular complexity index is 3190. The third kappa shape index (κ3) is 5.31. The Hall–Kier alpha value is -7.57. The molecule has 0 saturated heterocycles. The van der Waals surface area contributed by atoms with Gasteiger partial charge in [-0.2, -0.15) is 0 Å². The van der Waals surface area contributed by atoms with Crippen LogP contribution in [0, 0.1) is 0 Å². The number of aromatic nitrogens is 6. The molecule has 0 N–H and O–H groups in total. The van der Waals surface area contributed by atoms with Gasteiger partial charge in [0.1, 0.15) is 0 Å². The lowest BCUT2D eigenvalue weighted by Crippen LogP contribution is -2.01. The van der Waals surface area contributed by atoms with Crippen LogP contribution in [-0.2, 0) is 0 Å². The molecule has 11 rings (SSSR count). The summed E-state index contributed by atoms with van der Waals surface area (Å²) in [5.41, 5.74) is 7.57. The van der Waals surface area contributed by atoms with Gasteiger partial charge in [-0.25, -0.2) is 19.9 Å². The molecule has 0 spiro atoms. The van der Waals surface area contributed by atoms with E-state index in [1.165, 1.54) is 21.5 Å². The third-order valence-electron chi connectivity index (χ3n) is 10.5. The zero-order valence-electron chi connectivity index (χ0n) is 29.5. The van der Waals surface area contributed by atoms with Gasteiger partial charge in [0.2, 0.25) is 0 Å². The van der Waals surface area contributed by atoms with E-state index in [-0.39, 0.29) is 0 Å². The van der Waals surface area contributed by atoms with E-state index in [1.54, 1.807) is 0 Å². The summed E-state index contributed by atoms with van der Waals surface area (Å²) in [5, 5.41) is 9.06. The number of nitrogens with zero attached hydrogens (tertiary/aromatic N) is 6. The highest BCUT2D eigenvalue weighted by molar-refractivity contribution is 6.06. The van der Waals surface area contributed by atoms with Crippen LogP contribution in [0.1, 0.15) is 0 Å². The van der Waals surface area contributed by atoms with Crippen molar-refractivity contribution in [2.75, 3.05) is 0 Å². The highest BCUT2D eigenvalue weighted by Crippen LogP contribution is 2.40. The van der Waals surface area contributed by atoms with E-state index in [2.05, 4.69) is 173 Å². The normalized spacial score (nSPS) is 11.6. The Balaban J connectivity index is 1.13. The molecule has 0 saturated carbocycles. The van der Waals surface area contributed by atoms with Crippen molar-refractivity contribution in [1.82, 2.24) is 29.3 Å². The molecular formula is C49H30N6. The molecule has 55 heavy (non-hydrogen) atoms. The molecule has 8 aromatic carbocycles. The maximum Gasteiger partial charge on any atom is 0.164 e. The molecule has 6 heteroatoms. The van der Waals surface area contributed by atoms with E-state index in [0.29, 0.717) is 17.5 Å². The fourth-order valence-electron chi connectivity index (χ4n) is 7.82. The summed E-state index contributed by atoms with van der Waals surface area (Å²) in [7, 11) is 0. The van der Waals surface area contributed by atoms with Crippen molar-refractivity contribution in [3.63, 3.8) is 0 Å². The summed E-state index contributed by atoms with van der Waals surface area (Å²) in [6, 6.07) is 57.3. The molecule has 3 aromatic heterocycles. The molecule has 0 unspecified atom stereocenters. The minimum absolute atomic E-state index is 0.609. The van der Waals surface area contributed by atoms with Crippen LogP contribution in [0.4, 0.5) is 0 Å². The molecule has 256 valence electrons. The highest BCUT2D eigenvalue weighted by Gasteiger charge is 2.21. The summed E-state index contributed by atoms with van der Waals surface area (Å²) in [4.78, 5) is 25.1. The lowest BCUT2D eigenvalue weighted by atomic mass is 9.94. The Morgan fingerprint density at radius 2 is 0.855 bits per heavy atom. The number of imidazole rings is 1. The predicted molar refractivity (Wildman–Crippen MR) is 224 cm³/mol. The Labute approximate surface area is 316 Å². The van der Waals surface area contributed by atoms with Gasteiger partial charge >= 0.3 is 0 Å². The lowest BCUT2D eigenvalue weighted by molar-refractivity contribution is 1.08. The standard InChI is InChI=1S/C49H30N6/c1-4-12-34-27-37(20-17-31(34)9-1)46-45(51-44-30-50-25-26-55(44)46)42-23-24-43(41-16-8-7-15-40(41)42)49-53-47(38-21-18-32-10-2-5-13-35(32)28-38)52-48(54-49)39-22-19-33-11-3-6-14-36(33)29-39/h1-30H. The van der Waals surface area contributed by atoms with Crippen LogP contribution in [0.25, 0.3) is 105 Å². The smallest absolute Gasteiger partial charge is 0.164 e. The van der Waals surface area contributed by atoms with Gasteiger partial charge in [-0.1, -0.05) is 140 Å². The van der Waals surface area contributed by atoms with Crippen LogP contribution >= 0.6 is 0 Å². The van der Waals surface area contributed by atoms with Crippen LogP contribution in [0.3, 0.4) is 0 Å². The van der Waals surface area contributed by atoms with Crippen molar-refractivity contribution in [2.24, 2.45) is 0 Å². The molecule has 6 nitrogen and oxygen atoms in total. The number of hydrogen-bond donors (Lipinski definition) is 0. The van der Waals surface area contributed by atoms with E-state index in [0.717, 1.165) is 66.4 Å². The van der Waals surface area contributed by atoms with Crippen molar-refractivity contribution in [3.8, 4) is 56.7 Å². The van der Waals surface area contributed by atoms with Gasteiger partial charge in [-0.3, -0.25) is 9.38 Å². The average molecular weight is 703 g/mol. The molecule has 0 aliphatic carbocycles. The number of fused-ring (bicyclic) bond motifs is 5. The van der Waals surface area contributed by atoms with Gasteiger partial charge in [-0.05, 0) is 67.4 Å². The van der Waals surface area contributed by atoms with Gasteiger partial charge in [0.25, 0.3) is 0 Å². The van der Waals surface area contributed by atoms with Crippen LogP contribution in [0.2, 0.25) is 0 Å². The molecule has 0 aliphatic heterocycles. The number of hydrogen-bond acceptors (Lipinski definition) is 5. The molecule has 11 aromatic rings. The minimum Gasteiger partial charge on any atom is -0.296 e. The second-order valence-corrected chi connectivity index (χ2v) is 13.8. The molecule has 0 amide bonds. The summed E-state index contributed by atoms with van der Waals surface area (Å²) in [6.07, 6.45) is 5.61. The van der Waals surface area contributed by atoms with E-state index >= 15 is 0 Å². The van der Waals surface area contributed by atoms with Gasteiger partial charge in [0.05, 0.1) is 17.6 Å². The maximum atomic E-state index is 5.21. The lowest BCUT2D eigenvalue weighted by Gasteiger charge is -2.14. The fourth-order valence-corrected chi connectivity index (χ4v) is 7.82.